The molecule has 3 rings (SSSR count). The Bertz CT molecular complexity index is 898. The van der Waals surface area contributed by atoms with Gasteiger partial charge in [-0.1, -0.05) is 41.9 Å². The van der Waals surface area contributed by atoms with Gasteiger partial charge in [-0.05, 0) is 41.5 Å². The number of nitrogens with zero attached hydrogens (tertiary/aromatic N) is 1. The normalized spacial score (nSPS) is 15.5. The number of carbonyl (C=O) groups is 2. The third kappa shape index (κ3) is 4.28. The van der Waals surface area contributed by atoms with Gasteiger partial charge in [0.15, 0.2) is 11.5 Å². The third-order valence-corrected chi connectivity index (χ3v) is 5.36. The molecule has 7 heteroatoms. The summed E-state index contributed by atoms with van der Waals surface area (Å²) in [5, 5.41) is 0.127. The van der Waals surface area contributed by atoms with Crippen LogP contribution in [-0.4, -0.2) is 36.8 Å². The van der Waals surface area contributed by atoms with Gasteiger partial charge in [0.05, 0.1) is 24.1 Å². The van der Waals surface area contributed by atoms with Crippen molar-refractivity contribution >= 4 is 40.6 Å². The summed E-state index contributed by atoms with van der Waals surface area (Å²) in [6.07, 6.45) is 2.22. The molecule has 5 nitrogen and oxygen atoms in total. The second-order valence-electron chi connectivity index (χ2n) is 5.80. The van der Waals surface area contributed by atoms with Gasteiger partial charge in [-0.3, -0.25) is 14.5 Å². The van der Waals surface area contributed by atoms with Gasteiger partial charge in [-0.2, -0.15) is 0 Å². The Balaban J connectivity index is 1.80. The van der Waals surface area contributed by atoms with Gasteiger partial charge in [-0.25, -0.2) is 0 Å². The molecule has 27 heavy (non-hydrogen) atoms. The molecule has 1 heterocycles. The lowest BCUT2D eigenvalue weighted by atomic mass is 10.1. The van der Waals surface area contributed by atoms with E-state index in [1.807, 2.05) is 30.3 Å². The Morgan fingerprint density at radius 2 is 1.74 bits per heavy atom. The molecule has 1 aliphatic heterocycles. The second-order valence-corrected chi connectivity index (χ2v) is 7.20. The molecule has 0 unspecified atom stereocenters. The van der Waals surface area contributed by atoms with Crippen LogP contribution in [0.15, 0.2) is 47.4 Å². The van der Waals surface area contributed by atoms with E-state index in [0.717, 1.165) is 17.3 Å². The first-order chi connectivity index (χ1) is 13.0. The number of thioether (sulfide) groups is 1. The van der Waals surface area contributed by atoms with Crippen LogP contribution in [0.1, 0.15) is 11.1 Å². The van der Waals surface area contributed by atoms with Crippen LogP contribution in [0.2, 0.25) is 5.02 Å². The average Bonchev–Trinajstić information content (AvgIpc) is 2.95. The van der Waals surface area contributed by atoms with Gasteiger partial charge in [0.1, 0.15) is 0 Å². The monoisotopic (exact) mass is 403 g/mol. The lowest BCUT2D eigenvalue weighted by molar-refractivity contribution is -0.122. The fourth-order valence-electron chi connectivity index (χ4n) is 2.70. The Hall–Kier alpha value is -2.44. The molecule has 140 valence electrons. The zero-order chi connectivity index (χ0) is 19.4. The number of rotatable bonds is 6. The maximum absolute atomic E-state index is 12.6. The number of hydrogen-bond donors (Lipinski definition) is 0. The van der Waals surface area contributed by atoms with E-state index >= 15 is 0 Å². The fraction of sp³-hybridized carbons (Fsp3) is 0.200. The van der Waals surface area contributed by atoms with Gasteiger partial charge >= 0.3 is 0 Å². The van der Waals surface area contributed by atoms with Crippen molar-refractivity contribution in [2.75, 3.05) is 20.8 Å². The first-order valence-electron chi connectivity index (χ1n) is 8.24. The Morgan fingerprint density at radius 1 is 1.07 bits per heavy atom. The first-order valence-corrected chi connectivity index (χ1v) is 9.43. The van der Waals surface area contributed by atoms with E-state index in [2.05, 4.69) is 0 Å². The SMILES string of the molecule is COc1cc(Cl)c(/C=C2\SC(=O)N(CCc3ccccc3)C2=O)cc1OC. The van der Waals surface area contributed by atoms with Gasteiger partial charge in [0.2, 0.25) is 0 Å². The van der Waals surface area contributed by atoms with Crippen LogP contribution in [0.3, 0.4) is 0 Å². The zero-order valence-corrected chi connectivity index (χ0v) is 16.5. The maximum Gasteiger partial charge on any atom is 0.293 e. The molecule has 2 aromatic carbocycles. The predicted molar refractivity (Wildman–Crippen MR) is 107 cm³/mol. The molecular formula is C20H18ClNO4S. The van der Waals surface area contributed by atoms with E-state index in [-0.39, 0.29) is 11.1 Å². The number of ether oxygens (including phenoxy) is 2. The lowest BCUT2D eigenvalue weighted by Gasteiger charge is -2.12. The van der Waals surface area contributed by atoms with Crippen molar-refractivity contribution in [3.8, 4) is 11.5 Å². The van der Waals surface area contributed by atoms with E-state index in [9.17, 15) is 9.59 Å². The van der Waals surface area contributed by atoms with Crippen molar-refractivity contribution in [3.63, 3.8) is 0 Å². The first kappa shape index (κ1) is 19.3. The van der Waals surface area contributed by atoms with Crippen LogP contribution in [0.4, 0.5) is 4.79 Å². The third-order valence-electron chi connectivity index (χ3n) is 4.13. The van der Waals surface area contributed by atoms with Crippen molar-refractivity contribution in [1.29, 1.82) is 0 Å². The molecule has 1 saturated heterocycles. The van der Waals surface area contributed by atoms with E-state index in [1.165, 1.54) is 19.1 Å². The molecular weight excluding hydrogens is 386 g/mol. The number of carbonyl (C=O) groups excluding carboxylic acids is 2. The standard InChI is InChI=1S/C20H18ClNO4S/c1-25-16-10-14(15(21)12-17(16)26-2)11-18-19(23)22(20(24)27-18)9-8-13-6-4-3-5-7-13/h3-7,10-12H,8-9H2,1-2H3/b18-11-. The highest BCUT2D eigenvalue weighted by atomic mass is 35.5. The van der Waals surface area contributed by atoms with Crippen LogP contribution in [0, 0.1) is 0 Å². The highest BCUT2D eigenvalue weighted by Gasteiger charge is 2.34. The van der Waals surface area contributed by atoms with Crippen molar-refractivity contribution in [2.24, 2.45) is 0 Å². The van der Waals surface area contributed by atoms with E-state index in [1.54, 1.807) is 18.2 Å². The summed E-state index contributed by atoms with van der Waals surface area (Å²) in [6.45, 7) is 0.339. The van der Waals surface area contributed by atoms with E-state index in [0.29, 0.717) is 40.0 Å². The van der Waals surface area contributed by atoms with Crippen molar-refractivity contribution in [3.05, 3.63) is 63.5 Å². The van der Waals surface area contributed by atoms with Crippen LogP contribution in [-0.2, 0) is 11.2 Å². The molecule has 0 radical (unpaired) electrons. The molecule has 0 aliphatic carbocycles. The molecule has 0 aromatic heterocycles. The minimum atomic E-state index is -0.313. The molecule has 1 fully saturated rings. The second kappa shape index (κ2) is 8.50. The van der Waals surface area contributed by atoms with E-state index in [4.69, 9.17) is 21.1 Å². The zero-order valence-electron chi connectivity index (χ0n) is 14.9. The lowest BCUT2D eigenvalue weighted by Crippen LogP contribution is -2.30. The van der Waals surface area contributed by atoms with Crippen LogP contribution >= 0.6 is 23.4 Å². The molecule has 2 aromatic rings. The van der Waals surface area contributed by atoms with Crippen LogP contribution in [0.5, 0.6) is 11.5 Å². The summed E-state index contributed by atoms with van der Waals surface area (Å²) in [7, 11) is 3.04. The largest absolute Gasteiger partial charge is 0.493 e. The highest BCUT2D eigenvalue weighted by Crippen LogP contribution is 2.37. The Labute approximate surface area is 166 Å². The smallest absolute Gasteiger partial charge is 0.293 e. The predicted octanol–water partition coefficient (Wildman–Crippen LogP) is 4.64. The molecule has 1 aliphatic rings. The summed E-state index contributed by atoms with van der Waals surface area (Å²) in [5.41, 5.74) is 1.66. The molecule has 2 amide bonds. The highest BCUT2D eigenvalue weighted by molar-refractivity contribution is 8.18. The molecule has 0 N–H and O–H groups in total. The molecule has 0 spiro atoms. The van der Waals surface area contributed by atoms with Crippen molar-refractivity contribution in [2.45, 2.75) is 6.42 Å². The number of imide groups is 1. The van der Waals surface area contributed by atoms with Crippen molar-refractivity contribution < 1.29 is 19.1 Å². The number of halogens is 1. The number of hydrogen-bond acceptors (Lipinski definition) is 5. The Morgan fingerprint density at radius 3 is 2.41 bits per heavy atom. The number of methoxy groups -OCH3 is 2. The molecule has 0 bridgehead atoms. The van der Waals surface area contributed by atoms with Gasteiger partial charge in [0.25, 0.3) is 11.1 Å². The summed E-state index contributed by atoms with van der Waals surface area (Å²) in [4.78, 5) is 26.5. The maximum atomic E-state index is 12.6. The van der Waals surface area contributed by atoms with Crippen LogP contribution < -0.4 is 9.47 Å². The minimum Gasteiger partial charge on any atom is -0.493 e. The number of amides is 2. The summed E-state index contributed by atoms with van der Waals surface area (Å²) in [5.74, 6) is 0.679. The minimum absolute atomic E-state index is 0.279. The van der Waals surface area contributed by atoms with E-state index < -0.39 is 0 Å². The average molecular weight is 404 g/mol. The Kier molecular flexibility index (Phi) is 6.08. The van der Waals surface area contributed by atoms with Gasteiger partial charge < -0.3 is 9.47 Å². The summed E-state index contributed by atoms with van der Waals surface area (Å²) < 4.78 is 10.5. The topological polar surface area (TPSA) is 55.8 Å². The summed E-state index contributed by atoms with van der Waals surface area (Å²) in [6, 6.07) is 13.0. The van der Waals surface area contributed by atoms with Crippen molar-refractivity contribution in [1.82, 2.24) is 4.90 Å². The molecule has 0 saturated carbocycles. The quantitative estimate of drug-likeness (QED) is 0.658. The molecule has 0 atom stereocenters. The fourth-order valence-corrected chi connectivity index (χ4v) is 3.76. The van der Waals surface area contributed by atoms with Crippen LogP contribution in [0.25, 0.3) is 6.08 Å². The summed E-state index contributed by atoms with van der Waals surface area (Å²) >= 11 is 7.19. The number of benzene rings is 2. The van der Waals surface area contributed by atoms with Gasteiger partial charge in [-0.15, -0.1) is 0 Å². The van der Waals surface area contributed by atoms with Gasteiger partial charge in [0, 0.05) is 12.6 Å².